The molecule has 56 heavy (non-hydrogen) atoms. The average Bonchev–Trinajstić information content (AvgIpc) is 2.99. The first kappa shape index (κ1) is 52.2. The summed E-state index contributed by atoms with van der Waals surface area (Å²) in [5.74, 6) is -0.114. The molecule has 324 valence electrons. The van der Waals surface area contributed by atoms with Crippen LogP contribution in [0.5, 0.6) is 0 Å². The predicted octanol–water partition coefficient (Wildman–Crippen LogP) is 6.30. The number of Topliss-reactive ketones (excluding diaryl/α,β-unsaturated/α-hetero) is 1. The molecule has 0 radical (unpaired) electrons. The Hall–Kier alpha value is -3.85. The number of amides is 2. The van der Waals surface area contributed by atoms with Gasteiger partial charge in [-0.2, -0.15) is 56.3 Å². The number of ether oxygens (including phenoxy) is 2. The number of sulfonamides is 1. The number of benzene rings is 1. The summed E-state index contributed by atoms with van der Waals surface area (Å²) in [6, 6.07) is 6.86. The fourth-order valence-electron chi connectivity index (χ4n) is 3.39. The highest BCUT2D eigenvalue weighted by Gasteiger charge is 2.49. The lowest BCUT2D eigenvalue weighted by atomic mass is 10.1. The molecular formula is C29H39F9N3O12S3-. The quantitative estimate of drug-likeness (QED) is 0.153. The van der Waals surface area contributed by atoms with E-state index in [9.17, 15) is 70.7 Å². The molecule has 0 bridgehead atoms. The van der Waals surface area contributed by atoms with Gasteiger partial charge in [0.2, 0.25) is 0 Å². The lowest BCUT2D eigenvalue weighted by molar-refractivity contribution is -0.121. The number of carbonyl (C=O) groups excluding carboxylic acids is 3. The number of halogens is 9. The zero-order valence-corrected chi connectivity index (χ0v) is 32.8. The molecule has 1 saturated heterocycles. The van der Waals surface area contributed by atoms with Gasteiger partial charge in [-0.3, -0.25) is 13.7 Å². The Morgan fingerprint density at radius 2 is 1.14 bits per heavy atom. The molecule has 0 aliphatic carbocycles. The number of hydrogen-bond donors (Lipinski definition) is 1. The first-order chi connectivity index (χ1) is 25.0. The Labute approximate surface area is 318 Å². The fraction of sp³-hybridized carbons (Fsp3) is 0.621. The van der Waals surface area contributed by atoms with Gasteiger partial charge in [-0.1, -0.05) is 18.2 Å². The van der Waals surface area contributed by atoms with Crippen molar-refractivity contribution in [3.05, 3.63) is 42.2 Å². The summed E-state index contributed by atoms with van der Waals surface area (Å²) in [4.78, 5) is 37.0. The number of rotatable bonds is 4. The first-order valence-corrected chi connectivity index (χ1v) is 19.4. The van der Waals surface area contributed by atoms with Crippen molar-refractivity contribution in [2.75, 3.05) is 30.9 Å². The summed E-state index contributed by atoms with van der Waals surface area (Å²) >= 11 is -3.93. The minimum atomic E-state index is -5.67. The number of hydrogen-bond acceptors (Lipinski definition) is 12. The number of likely N-dealkylation sites (tertiary alicyclic amines) is 1. The molecule has 2 aliphatic heterocycles. The number of anilines is 1. The number of carbonyl (C=O) groups is 3. The molecule has 1 aromatic rings. The van der Waals surface area contributed by atoms with Gasteiger partial charge in [0.25, 0.3) is 0 Å². The Kier molecular flexibility index (Phi) is 19.1. The number of piperidine rings is 1. The highest BCUT2D eigenvalue weighted by atomic mass is 32.2. The van der Waals surface area contributed by atoms with Crippen LogP contribution in [0.15, 0.2) is 42.2 Å². The van der Waals surface area contributed by atoms with Gasteiger partial charge < -0.3 is 28.0 Å². The number of nitrogens with one attached hydrogen (secondary N) is 1. The molecule has 27 heteroatoms. The van der Waals surface area contributed by atoms with Crippen LogP contribution in [0.1, 0.15) is 60.8 Å². The minimum absolute atomic E-state index is 0.00806. The summed E-state index contributed by atoms with van der Waals surface area (Å²) in [7, 11) is -11.0. The Morgan fingerprint density at radius 3 is 1.48 bits per heavy atom. The monoisotopic (exact) mass is 888 g/mol. The smallest absolute Gasteiger partial charge is 0.534 e. The van der Waals surface area contributed by atoms with Crippen molar-refractivity contribution in [2.45, 2.75) is 88.5 Å². The second kappa shape index (κ2) is 20.5. The van der Waals surface area contributed by atoms with Crippen LogP contribution >= 0.6 is 0 Å². The van der Waals surface area contributed by atoms with Gasteiger partial charge in [0.15, 0.2) is 0 Å². The largest absolute Gasteiger partial charge is 0.766 e. The van der Waals surface area contributed by atoms with E-state index in [1.807, 2.05) is 20.8 Å². The molecule has 15 nitrogen and oxygen atoms in total. The molecule has 1 atom stereocenters. The maximum atomic E-state index is 12.2. The van der Waals surface area contributed by atoms with Gasteiger partial charge in [-0.05, 0) is 59.8 Å². The van der Waals surface area contributed by atoms with Crippen LogP contribution in [0.3, 0.4) is 0 Å². The average molecular weight is 889 g/mol. The zero-order chi connectivity index (χ0) is 44.1. The maximum Gasteiger partial charge on any atom is 0.534 e. The van der Waals surface area contributed by atoms with Crippen molar-refractivity contribution >= 4 is 54.9 Å². The topological polar surface area (TPSA) is 206 Å². The lowest BCUT2D eigenvalue weighted by Crippen LogP contribution is -2.41. The third-order valence-electron chi connectivity index (χ3n) is 5.81. The number of para-hydroxylation sites is 1. The van der Waals surface area contributed by atoms with Gasteiger partial charge in [-0.15, -0.1) is 0 Å². The first-order valence-electron chi connectivity index (χ1n) is 15.4. The second-order valence-corrected chi connectivity index (χ2v) is 17.1. The number of nitrogens with zero attached hydrogens (tertiary/aromatic N) is 2. The lowest BCUT2D eigenvalue weighted by Gasteiger charge is -2.29. The Balaban J connectivity index is 0.000000764. The zero-order valence-electron chi connectivity index (χ0n) is 30.3. The molecule has 0 aromatic heterocycles. The van der Waals surface area contributed by atoms with E-state index in [2.05, 4.69) is 4.18 Å². The van der Waals surface area contributed by atoms with E-state index < -0.39 is 65.0 Å². The molecule has 3 rings (SSSR count). The van der Waals surface area contributed by atoms with Gasteiger partial charge in [0, 0.05) is 51.1 Å². The van der Waals surface area contributed by atoms with Crippen molar-refractivity contribution in [2.24, 2.45) is 0 Å². The molecule has 1 N–H and O–H groups in total. The SMILES string of the molecule is CC(C)(C)OC(=O)N1CC=C(OS(=O)(=O)C(F)(F)F)CC1.CC(C)(C)OC(=O)N1CCC(=O)CC1.O=S(=O)(Nc1ccccc1)C(F)(F)F.O=S([O-])C(F)(F)F. The van der Waals surface area contributed by atoms with Crippen LogP contribution in [0, 0.1) is 0 Å². The Morgan fingerprint density at radius 1 is 0.732 bits per heavy atom. The maximum absolute atomic E-state index is 12.2. The third kappa shape index (κ3) is 20.9. The molecule has 2 amide bonds. The summed E-state index contributed by atoms with van der Waals surface area (Å²) in [5, 5.41) is 0. The molecule has 0 saturated carbocycles. The molecular weight excluding hydrogens is 850 g/mol. The van der Waals surface area contributed by atoms with Gasteiger partial charge in [-0.25, -0.2) is 9.59 Å². The molecule has 1 unspecified atom stereocenters. The van der Waals surface area contributed by atoms with Crippen LogP contribution in [0.4, 0.5) is 54.8 Å². The fourth-order valence-corrected chi connectivity index (χ4v) is 4.48. The highest BCUT2D eigenvalue weighted by molar-refractivity contribution is 7.93. The van der Waals surface area contributed by atoms with Gasteiger partial charge in [0.1, 0.15) is 22.7 Å². The van der Waals surface area contributed by atoms with Crippen molar-refractivity contribution in [3.8, 4) is 0 Å². The highest BCUT2D eigenvalue weighted by Crippen LogP contribution is 2.29. The van der Waals surface area contributed by atoms with E-state index in [0.29, 0.717) is 25.9 Å². The molecule has 0 spiro atoms. The van der Waals surface area contributed by atoms with Crippen molar-refractivity contribution in [3.63, 3.8) is 0 Å². The summed E-state index contributed by atoms with van der Waals surface area (Å²) in [6.45, 7) is 11.4. The summed E-state index contributed by atoms with van der Waals surface area (Å²) in [5.41, 5.74) is -17.1. The number of ketones is 1. The minimum Gasteiger partial charge on any atom is -0.766 e. The predicted molar refractivity (Wildman–Crippen MR) is 179 cm³/mol. The molecule has 1 fully saturated rings. The van der Waals surface area contributed by atoms with Crippen LogP contribution in [-0.4, -0.2) is 107 Å². The number of alkyl halides is 9. The van der Waals surface area contributed by atoms with Crippen LogP contribution in [0.2, 0.25) is 0 Å². The van der Waals surface area contributed by atoms with Crippen LogP contribution in [0.25, 0.3) is 0 Å². The van der Waals surface area contributed by atoms with E-state index in [0.717, 1.165) is 6.08 Å². The van der Waals surface area contributed by atoms with E-state index >= 15 is 0 Å². The van der Waals surface area contributed by atoms with E-state index in [-0.39, 0.29) is 42.8 Å². The van der Waals surface area contributed by atoms with Crippen molar-refractivity contribution in [1.82, 2.24) is 9.80 Å². The van der Waals surface area contributed by atoms with E-state index in [1.54, 1.807) is 31.7 Å². The van der Waals surface area contributed by atoms with Crippen molar-refractivity contribution in [1.29, 1.82) is 0 Å². The van der Waals surface area contributed by atoms with Crippen LogP contribution in [-0.2, 0) is 49.7 Å². The Bertz CT molecular complexity index is 1730. The van der Waals surface area contributed by atoms with Gasteiger partial charge in [0.05, 0.1) is 11.1 Å². The van der Waals surface area contributed by atoms with Gasteiger partial charge >= 0.3 is 48.9 Å². The summed E-state index contributed by atoms with van der Waals surface area (Å²) < 4.78 is 180. The van der Waals surface area contributed by atoms with Crippen molar-refractivity contribution < 1.29 is 93.2 Å². The van der Waals surface area contributed by atoms with E-state index in [1.165, 1.54) is 33.9 Å². The van der Waals surface area contributed by atoms with Crippen LogP contribution < -0.4 is 4.72 Å². The summed E-state index contributed by atoms with van der Waals surface area (Å²) in [6.07, 6.45) is 0.936. The molecule has 1 aromatic carbocycles. The normalized spacial score (nSPS) is 16.2. The molecule has 2 heterocycles. The second-order valence-electron chi connectivity index (χ2n) is 12.9. The third-order valence-corrected chi connectivity index (χ3v) is 8.30. The molecule has 2 aliphatic rings. The standard InChI is InChI=1S/C11H16F3NO5S.C10H17NO3.C7H6F3NO2S.CHF3O2S/c1-10(2,3)19-9(16)15-6-4-8(5-7-15)20-21(17,18)11(12,13)14;1-10(2,3)14-9(13)11-6-4-8(12)5-7-11;8-7(9,10)14(12,13)11-6-4-2-1-3-5-6;2-1(3,4)7(5)6/h4H,5-7H2,1-3H3;4-7H2,1-3H3;1-5,11H;(H,5,6)/p-1. The van der Waals surface area contributed by atoms with E-state index in [4.69, 9.17) is 18.2 Å².